The molecule has 1 aromatic rings. The Labute approximate surface area is 125 Å². The minimum atomic E-state index is 0.0644. The Balaban J connectivity index is 1.75. The van der Waals surface area contributed by atoms with E-state index in [-0.39, 0.29) is 5.91 Å². The average Bonchev–Trinajstić information content (AvgIpc) is 2.74. The van der Waals surface area contributed by atoms with Crippen LogP contribution in [0.2, 0.25) is 0 Å². The van der Waals surface area contributed by atoms with E-state index >= 15 is 0 Å². The van der Waals surface area contributed by atoms with Crippen molar-refractivity contribution in [2.75, 3.05) is 26.2 Å². The first-order chi connectivity index (χ1) is 10.3. The molecule has 0 saturated carbocycles. The summed E-state index contributed by atoms with van der Waals surface area (Å²) in [6, 6.07) is 0.379. The van der Waals surface area contributed by atoms with E-state index in [1.807, 2.05) is 16.5 Å². The highest BCUT2D eigenvalue weighted by atomic mass is 16.2. The molecular formula is C15H25N5O. The summed E-state index contributed by atoms with van der Waals surface area (Å²) in [4.78, 5) is 14.6. The van der Waals surface area contributed by atoms with Gasteiger partial charge in [-0.05, 0) is 45.7 Å². The van der Waals surface area contributed by atoms with Gasteiger partial charge in [0.2, 0.25) is 0 Å². The van der Waals surface area contributed by atoms with Crippen molar-refractivity contribution in [2.24, 2.45) is 0 Å². The minimum Gasteiger partial charge on any atom is -0.337 e. The molecule has 0 aliphatic carbocycles. The summed E-state index contributed by atoms with van der Waals surface area (Å²) in [6.45, 7) is 5.72. The summed E-state index contributed by atoms with van der Waals surface area (Å²) in [7, 11) is 0. The van der Waals surface area contributed by atoms with Gasteiger partial charge in [-0.1, -0.05) is 18.1 Å². The van der Waals surface area contributed by atoms with E-state index < -0.39 is 0 Å². The van der Waals surface area contributed by atoms with E-state index in [4.69, 9.17) is 0 Å². The molecule has 0 spiro atoms. The van der Waals surface area contributed by atoms with Gasteiger partial charge in [-0.15, -0.1) is 5.10 Å². The van der Waals surface area contributed by atoms with Crippen molar-refractivity contribution >= 4 is 5.91 Å². The fourth-order valence-corrected chi connectivity index (χ4v) is 3.36. The normalized spacial score (nSPS) is 21.3. The number of amides is 1. The molecule has 0 bridgehead atoms. The first kappa shape index (κ1) is 14.5. The molecule has 2 fully saturated rings. The quantitative estimate of drug-likeness (QED) is 0.897. The summed E-state index contributed by atoms with van der Waals surface area (Å²) >= 11 is 0. The number of rotatable bonds is 2. The lowest BCUT2D eigenvalue weighted by Crippen LogP contribution is -2.33. The molecule has 2 aliphatic heterocycles. The minimum absolute atomic E-state index is 0.0644. The van der Waals surface area contributed by atoms with Gasteiger partial charge in [0.1, 0.15) is 0 Å². The van der Waals surface area contributed by atoms with Gasteiger partial charge in [0.15, 0.2) is 5.69 Å². The number of hydrogen-bond donors (Lipinski definition) is 1. The van der Waals surface area contributed by atoms with Gasteiger partial charge in [-0.2, -0.15) is 0 Å². The van der Waals surface area contributed by atoms with Crippen LogP contribution < -0.4 is 5.32 Å². The van der Waals surface area contributed by atoms with Crippen molar-refractivity contribution in [2.45, 2.75) is 51.5 Å². The maximum atomic E-state index is 12.7. The summed E-state index contributed by atoms with van der Waals surface area (Å²) in [5.74, 6) is 0.0644. The summed E-state index contributed by atoms with van der Waals surface area (Å²) in [5.41, 5.74) is 1.48. The molecule has 1 aromatic heterocycles. The van der Waals surface area contributed by atoms with Crippen molar-refractivity contribution in [1.82, 2.24) is 25.2 Å². The maximum absolute atomic E-state index is 12.7. The highest BCUT2D eigenvalue weighted by Crippen LogP contribution is 2.21. The molecule has 1 amide bonds. The van der Waals surface area contributed by atoms with Crippen LogP contribution in [0.5, 0.6) is 0 Å². The van der Waals surface area contributed by atoms with Gasteiger partial charge < -0.3 is 10.2 Å². The number of carbonyl (C=O) groups excluding carboxylic acids is 1. The second kappa shape index (κ2) is 6.56. The van der Waals surface area contributed by atoms with E-state index in [0.717, 1.165) is 57.6 Å². The van der Waals surface area contributed by atoms with E-state index in [1.54, 1.807) is 0 Å². The molecule has 0 unspecified atom stereocenters. The van der Waals surface area contributed by atoms with Crippen molar-refractivity contribution < 1.29 is 4.79 Å². The topological polar surface area (TPSA) is 63.1 Å². The highest BCUT2D eigenvalue weighted by Gasteiger charge is 2.26. The van der Waals surface area contributed by atoms with Crippen LogP contribution in [0.25, 0.3) is 0 Å². The van der Waals surface area contributed by atoms with Crippen LogP contribution in [0.1, 0.15) is 60.7 Å². The zero-order valence-electron chi connectivity index (χ0n) is 12.8. The van der Waals surface area contributed by atoms with Crippen LogP contribution >= 0.6 is 0 Å². The molecule has 0 radical (unpaired) electrons. The zero-order valence-corrected chi connectivity index (χ0v) is 12.8. The van der Waals surface area contributed by atoms with E-state index in [9.17, 15) is 4.79 Å². The van der Waals surface area contributed by atoms with Crippen molar-refractivity contribution in [3.8, 4) is 0 Å². The number of likely N-dealkylation sites (tertiary alicyclic amines) is 1. The molecule has 2 saturated heterocycles. The van der Waals surface area contributed by atoms with Crippen LogP contribution in [0.15, 0.2) is 0 Å². The van der Waals surface area contributed by atoms with Gasteiger partial charge in [-0.3, -0.25) is 4.79 Å². The summed E-state index contributed by atoms with van der Waals surface area (Å²) in [5, 5.41) is 11.8. The SMILES string of the molecule is Cc1c(C(=O)N2CCCCCC2)nnn1C1CCNCC1. The van der Waals surface area contributed by atoms with Crippen LogP contribution in [-0.4, -0.2) is 52.0 Å². The largest absolute Gasteiger partial charge is 0.337 e. The Bertz CT molecular complexity index is 484. The average molecular weight is 291 g/mol. The van der Waals surface area contributed by atoms with Crippen molar-refractivity contribution in [3.63, 3.8) is 0 Å². The van der Waals surface area contributed by atoms with Crippen molar-refractivity contribution in [3.05, 3.63) is 11.4 Å². The predicted molar refractivity (Wildman–Crippen MR) is 80.3 cm³/mol. The number of carbonyl (C=O) groups is 1. The Morgan fingerprint density at radius 2 is 1.81 bits per heavy atom. The van der Waals surface area contributed by atoms with Gasteiger partial charge in [-0.25, -0.2) is 4.68 Å². The van der Waals surface area contributed by atoms with Crippen LogP contribution in [-0.2, 0) is 0 Å². The third kappa shape index (κ3) is 3.10. The third-order valence-electron chi connectivity index (χ3n) is 4.68. The van der Waals surface area contributed by atoms with E-state index in [0.29, 0.717) is 11.7 Å². The lowest BCUT2D eigenvalue weighted by atomic mass is 10.1. The molecular weight excluding hydrogens is 266 g/mol. The summed E-state index contributed by atoms with van der Waals surface area (Å²) in [6.07, 6.45) is 6.78. The molecule has 6 heteroatoms. The zero-order chi connectivity index (χ0) is 14.7. The lowest BCUT2D eigenvalue weighted by Gasteiger charge is -2.23. The number of nitrogens with zero attached hydrogens (tertiary/aromatic N) is 4. The van der Waals surface area contributed by atoms with E-state index in [2.05, 4.69) is 15.6 Å². The summed E-state index contributed by atoms with van der Waals surface area (Å²) < 4.78 is 1.96. The fourth-order valence-electron chi connectivity index (χ4n) is 3.36. The molecule has 0 aromatic carbocycles. The molecule has 3 heterocycles. The van der Waals surface area contributed by atoms with Gasteiger partial charge in [0.05, 0.1) is 11.7 Å². The second-order valence-electron chi connectivity index (χ2n) is 6.16. The molecule has 0 atom stereocenters. The highest BCUT2D eigenvalue weighted by molar-refractivity contribution is 5.93. The predicted octanol–water partition coefficient (Wildman–Crippen LogP) is 1.53. The molecule has 1 N–H and O–H groups in total. The first-order valence-electron chi connectivity index (χ1n) is 8.19. The Kier molecular flexibility index (Phi) is 4.53. The molecule has 2 aliphatic rings. The molecule has 116 valence electrons. The van der Waals surface area contributed by atoms with Crippen LogP contribution in [0.4, 0.5) is 0 Å². The van der Waals surface area contributed by atoms with Gasteiger partial charge >= 0.3 is 0 Å². The number of aromatic nitrogens is 3. The number of hydrogen-bond acceptors (Lipinski definition) is 4. The number of nitrogens with one attached hydrogen (secondary N) is 1. The molecule has 3 rings (SSSR count). The Hall–Kier alpha value is -1.43. The third-order valence-corrected chi connectivity index (χ3v) is 4.68. The number of piperidine rings is 1. The first-order valence-corrected chi connectivity index (χ1v) is 8.19. The lowest BCUT2D eigenvalue weighted by molar-refractivity contribution is 0.0755. The second-order valence-corrected chi connectivity index (χ2v) is 6.16. The fraction of sp³-hybridized carbons (Fsp3) is 0.800. The van der Waals surface area contributed by atoms with Crippen LogP contribution in [0.3, 0.4) is 0 Å². The molecule has 6 nitrogen and oxygen atoms in total. The molecule has 21 heavy (non-hydrogen) atoms. The van der Waals surface area contributed by atoms with Crippen molar-refractivity contribution in [1.29, 1.82) is 0 Å². The standard InChI is InChI=1S/C15H25N5O/c1-12-14(15(21)19-10-4-2-3-5-11-19)17-18-20(12)13-6-8-16-9-7-13/h13,16H,2-11H2,1H3. The Morgan fingerprint density at radius 1 is 1.14 bits per heavy atom. The van der Waals surface area contributed by atoms with Gasteiger partial charge in [0.25, 0.3) is 5.91 Å². The van der Waals surface area contributed by atoms with E-state index in [1.165, 1.54) is 12.8 Å². The Morgan fingerprint density at radius 3 is 2.48 bits per heavy atom. The maximum Gasteiger partial charge on any atom is 0.276 e. The van der Waals surface area contributed by atoms with Crippen LogP contribution in [0, 0.1) is 6.92 Å². The monoisotopic (exact) mass is 291 g/mol. The van der Waals surface area contributed by atoms with Gasteiger partial charge in [0, 0.05) is 13.1 Å². The smallest absolute Gasteiger partial charge is 0.276 e.